The Morgan fingerprint density at radius 1 is 0.812 bits per heavy atom. The summed E-state index contributed by atoms with van der Waals surface area (Å²) < 4.78 is 27.0. The molecular formula is C23H33N4O2P3. The van der Waals surface area contributed by atoms with Gasteiger partial charge in [-0.1, -0.05) is 5.92 Å². The number of ether oxygens (including phenoxy) is 1. The normalized spacial score (nSPS) is 20.5. The Morgan fingerprint density at radius 3 is 2.00 bits per heavy atom. The number of likely N-dealkylation sites (N-methyl/N-ethyl adjacent to an activating group) is 1. The van der Waals surface area contributed by atoms with Crippen molar-refractivity contribution in [2.75, 3.05) is 58.4 Å². The van der Waals surface area contributed by atoms with Crippen molar-refractivity contribution in [3.8, 4) is 23.3 Å². The molecule has 0 saturated heterocycles. The van der Waals surface area contributed by atoms with Crippen molar-refractivity contribution in [1.82, 2.24) is 0 Å². The molecule has 0 saturated carbocycles. The summed E-state index contributed by atoms with van der Waals surface area (Å²) in [5.74, 6) is 7.57. The van der Waals surface area contributed by atoms with Gasteiger partial charge >= 0.3 is 0 Å². The van der Waals surface area contributed by atoms with Gasteiger partial charge in [0, 0.05) is 25.0 Å². The largest absolute Gasteiger partial charge is 0.492 e. The lowest BCUT2D eigenvalue weighted by Gasteiger charge is -2.28. The lowest BCUT2D eigenvalue weighted by Crippen LogP contribution is -2.23. The van der Waals surface area contributed by atoms with Gasteiger partial charge < -0.3 is 14.2 Å². The second kappa shape index (κ2) is 9.93. The van der Waals surface area contributed by atoms with Crippen LogP contribution in [0.1, 0.15) is 12.5 Å². The van der Waals surface area contributed by atoms with E-state index in [2.05, 4.69) is 62.6 Å². The average Bonchev–Trinajstić information content (AvgIpc) is 2.67. The molecule has 0 N–H and O–H groups in total. The molecule has 0 aromatic heterocycles. The molecule has 0 radical (unpaired) electrons. The van der Waals surface area contributed by atoms with Crippen molar-refractivity contribution >= 4 is 27.5 Å². The van der Waals surface area contributed by atoms with Gasteiger partial charge in [-0.25, -0.2) is 13.5 Å². The van der Waals surface area contributed by atoms with Crippen LogP contribution < -0.4 is 14.2 Å². The second-order valence-corrected chi connectivity index (χ2v) is 17.9. The second-order valence-electron chi connectivity index (χ2n) is 8.53. The monoisotopic (exact) mass is 490 g/mol. The third kappa shape index (κ3) is 7.05. The Balaban J connectivity index is 1.57. The SMILES string of the molecule is CC#Cc1ccc(N(C)CCOc2ccc(OP3(C)=NP(C)(C)=NP(C)(C)=N3)cc2)cc1. The number of anilines is 1. The number of benzene rings is 2. The van der Waals surface area contributed by atoms with Crippen molar-refractivity contribution in [2.45, 2.75) is 6.92 Å². The minimum absolute atomic E-state index is 0.585. The molecule has 0 fully saturated rings. The van der Waals surface area contributed by atoms with E-state index in [4.69, 9.17) is 22.8 Å². The van der Waals surface area contributed by atoms with Crippen molar-refractivity contribution in [1.29, 1.82) is 0 Å². The molecule has 3 rings (SSSR count). The van der Waals surface area contributed by atoms with Crippen LogP contribution in [-0.2, 0) is 0 Å². The minimum atomic E-state index is -2.22. The molecule has 0 spiro atoms. The highest BCUT2D eigenvalue weighted by Crippen LogP contribution is 2.73. The molecule has 1 heterocycles. The van der Waals surface area contributed by atoms with Crippen LogP contribution in [0.25, 0.3) is 0 Å². The zero-order chi connectivity index (χ0) is 23.4. The van der Waals surface area contributed by atoms with Crippen molar-refractivity contribution in [2.24, 2.45) is 13.5 Å². The zero-order valence-corrected chi connectivity index (χ0v) is 22.7. The summed E-state index contributed by atoms with van der Waals surface area (Å²) >= 11 is 0. The van der Waals surface area contributed by atoms with Crippen LogP contribution in [-0.4, -0.2) is 53.5 Å². The van der Waals surface area contributed by atoms with Gasteiger partial charge in [0.2, 0.25) is 7.43 Å². The molecule has 1 atom stereocenters. The Morgan fingerprint density at radius 2 is 1.41 bits per heavy atom. The van der Waals surface area contributed by atoms with E-state index >= 15 is 0 Å². The van der Waals surface area contributed by atoms with Crippen LogP contribution in [0.5, 0.6) is 11.5 Å². The van der Waals surface area contributed by atoms with Gasteiger partial charge in [0.15, 0.2) is 0 Å². The summed E-state index contributed by atoms with van der Waals surface area (Å²) in [6, 6.07) is 16.0. The third-order valence-corrected chi connectivity index (χ3v) is 14.8. The molecule has 6 nitrogen and oxygen atoms in total. The molecule has 0 aliphatic carbocycles. The molecular weight excluding hydrogens is 457 g/mol. The van der Waals surface area contributed by atoms with E-state index in [0.717, 1.165) is 29.3 Å². The average molecular weight is 490 g/mol. The molecule has 2 aromatic carbocycles. The van der Waals surface area contributed by atoms with E-state index in [1.54, 1.807) is 0 Å². The number of hydrogen-bond donors (Lipinski definition) is 0. The maximum atomic E-state index is 6.30. The number of rotatable bonds is 7. The van der Waals surface area contributed by atoms with Gasteiger partial charge in [-0.05, 0) is 82.1 Å². The van der Waals surface area contributed by atoms with Crippen LogP contribution in [0.15, 0.2) is 62.1 Å². The summed E-state index contributed by atoms with van der Waals surface area (Å²) in [6.45, 7) is 13.8. The third-order valence-electron chi connectivity index (χ3n) is 4.58. The number of hydrogen-bond acceptors (Lipinski definition) is 6. The van der Waals surface area contributed by atoms with Gasteiger partial charge in [0.25, 0.3) is 0 Å². The molecule has 0 bridgehead atoms. The van der Waals surface area contributed by atoms with E-state index in [-0.39, 0.29) is 0 Å². The maximum Gasteiger partial charge on any atom is 0.248 e. The molecule has 1 aliphatic heterocycles. The molecule has 32 heavy (non-hydrogen) atoms. The highest BCUT2D eigenvalue weighted by Gasteiger charge is 2.26. The quantitative estimate of drug-likeness (QED) is 0.301. The fraction of sp³-hybridized carbons (Fsp3) is 0.391. The van der Waals surface area contributed by atoms with E-state index in [0.29, 0.717) is 6.61 Å². The van der Waals surface area contributed by atoms with E-state index in [1.165, 1.54) is 0 Å². The summed E-state index contributed by atoms with van der Waals surface area (Å²) in [6.07, 6.45) is 0. The van der Waals surface area contributed by atoms with Crippen molar-refractivity contribution in [3.63, 3.8) is 0 Å². The Labute approximate surface area is 193 Å². The zero-order valence-electron chi connectivity index (χ0n) is 20.0. The van der Waals surface area contributed by atoms with Crippen LogP contribution >= 0.6 is 21.8 Å². The fourth-order valence-corrected chi connectivity index (χ4v) is 16.6. The van der Waals surface area contributed by atoms with Crippen LogP contribution in [0.3, 0.4) is 0 Å². The molecule has 2 aromatic rings. The predicted molar refractivity (Wildman–Crippen MR) is 142 cm³/mol. The topological polar surface area (TPSA) is 58.8 Å². The lowest BCUT2D eigenvalue weighted by atomic mass is 10.2. The first-order valence-electron chi connectivity index (χ1n) is 10.4. The van der Waals surface area contributed by atoms with Gasteiger partial charge in [-0.15, -0.1) is 5.92 Å². The van der Waals surface area contributed by atoms with Gasteiger partial charge in [-0.3, -0.25) is 0 Å². The van der Waals surface area contributed by atoms with Crippen molar-refractivity contribution in [3.05, 3.63) is 54.1 Å². The molecule has 9 heteroatoms. The molecule has 0 amide bonds. The van der Waals surface area contributed by atoms with Crippen LogP contribution in [0.4, 0.5) is 5.69 Å². The van der Waals surface area contributed by atoms with E-state index in [1.807, 2.05) is 50.0 Å². The van der Waals surface area contributed by atoms with Crippen LogP contribution in [0.2, 0.25) is 0 Å². The van der Waals surface area contributed by atoms with Gasteiger partial charge in [0.05, 0.1) is 21.0 Å². The lowest BCUT2D eigenvalue weighted by molar-refractivity contribution is 0.325. The first kappa shape index (κ1) is 24.7. The van der Waals surface area contributed by atoms with Gasteiger partial charge in [0.1, 0.15) is 18.1 Å². The van der Waals surface area contributed by atoms with Crippen LogP contribution in [0, 0.1) is 11.8 Å². The first-order valence-corrected chi connectivity index (χ1v) is 17.7. The summed E-state index contributed by atoms with van der Waals surface area (Å²) in [5, 5.41) is 0. The number of nitrogens with zero attached hydrogens (tertiary/aromatic N) is 4. The predicted octanol–water partition coefficient (Wildman–Crippen LogP) is 7.38. The highest BCUT2D eigenvalue weighted by atomic mass is 31.3. The minimum Gasteiger partial charge on any atom is -0.492 e. The Hall–Kier alpha value is -1.91. The van der Waals surface area contributed by atoms with E-state index < -0.39 is 21.8 Å². The highest BCUT2D eigenvalue weighted by molar-refractivity contribution is 7.84. The fourth-order valence-electron chi connectivity index (χ4n) is 3.61. The Bertz CT molecular complexity index is 1170. The summed E-state index contributed by atoms with van der Waals surface area (Å²) in [4.78, 5) is 2.17. The molecule has 1 unspecified atom stereocenters. The smallest absolute Gasteiger partial charge is 0.248 e. The standard InChI is InChI=1S/C23H33N4O2P3/c1-8-9-20-10-12-21(13-11-20)27(2)18-19-28-22-14-16-23(17-15-22)29-32(7)25-30(3,4)24-31(5,6)26-32/h10-17H,18-19H2,1-7H3. The molecule has 1 aliphatic rings. The molecule has 172 valence electrons. The summed E-state index contributed by atoms with van der Waals surface area (Å²) in [5.41, 5.74) is 2.16. The van der Waals surface area contributed by atoms with E-state index in [9.17, 15) is 0 Å². The Kier molecular flexibility index (Phi) is 7.67. The van der Waals surface area contributed by atoms with Crippen molar-refractivity contribution < 1.29 is 9.26 Å². The van der Waals surface area contributed by atoms with Gasteiger partial charge in [-0.2, -0.15) is 0 Å². The first-order chi connectivity index (χ1) is 15.0. The maximum absolute atomic E-state index is 6.30. The summed E-state index contributed by atoms with van der Waals surface area (Å²) in [7, 11) is -3.54.